The van der Waals surface area contributed by atoms with E-state index in [1.807, 2.05) is 0 Å². The van der Waals surface area contributed by atoms with Crippen LogP contribution in [0.3, 0.4) is 0 Å². The van der Waals surface area contributed by atoms with Gasteiger partial charge in [0.15, 0.2) is 11.5 Å². The average Bonchev–Trinajstić information content (AvgIpc) is 2.92. The van der Waals surface area contributed by atoms with E-state index in [2.05, 4.69) is 0 Å². The zero-order valence-electron chi connectivity index (χ0n) is 11.3. The predicted octanol–water partition coefficient (Wildman–Crippen LogP) is 1.94. The third-order valence-corrected chi connectivity index (χ3v) is 4.74. The number of hydrogen-bond donors (Lipinski definition) is 0. The van der Waals surface area contributed by atoms with Gasteiger partial charge < -0.3 is 14.4 Å². The van der Waals surface area contributed by atoms with Gasteiger partial charge in [0.1, 0.15) is 6.04 Å². The van der Waals surface area contributed by atoms with Crippen LogP contribution in [0.15, 0.2) is 17.0 Å². The van der Waals surface area contributed by atoms with Crippen molar-refractivity contribution in [3.05, 3.63) is 17.7 Å². The summed E-state index contributed by atoms with van der Waals surface area (Å²) >= 11 is 1.12. The number of carbonyl (C=O) groups excluding carboxylic acids is 2. The lowest BCUT2D eigenvalue weighted by atomic mass is 10.1. The van der Waals surface area contributed by atoms with E-state index in [1.54, 1.807) is 17.0 Å². The number of amides is 1. The zero-order valence-corrected chi connectivity index (χ0v) is 12.2. The summed E-state index contributed by atoms with van der Waals surface area (Å²) in [5, 5.41) is 0.0295. The number of thioether (sulfide) groups is 1. The maximum atomic E-state index is 12.6. The van der Waals surface area contributed by atoms with Crippen LogP contribution in [0.4, 0.5) is 0 Å². The Labute approximate surface area is 121 Å². The van der Waals surface area contributed by atoms with Gasteiger partial charge in [-0.15, -0.1) is 0 Å². The number of methoxy groups -OCH3 is 2. The van der Waals surface area contributed by atoms with Crippen LogP contribution in [-0.4, -0.2) is 42.7 Å². The Morgan fingerprint density at radius 1 is 1.20 bits per heavy atom. The average molecular weight is 293 g/mol. The number of carbonyl (C=O) groups is 2. The maximum Gasteiger partial charge on any atom is 0.255 e. The lowest BCUT2D eigenvalue weighted by molar-refractivity contribution is -0.114. The number of rotatable bonds is 2. The van der Waals surface area contributed by atoms with Crippen LogP contribution in [0.2, 0.25) is 0 Å². The molecule has 1 aromatic rings. The predicted molar refractivity (Wildman–Crippen MR) is 74.5 cm³/mol. The molecule has 2 heterocycles. The second-order valence-corrected chi connectivity index (χ2v) is 5.83. The van der Waals surface area contributed by atoms with Gasteiger partial charge in [-0.3, -0.25) is 9.59 Å². The molecule has 2 aliphatic heterocycles. The topological polar surface area (TPSA) is 55.8 Å². The molecule has 0 aliphatic carbocycles. The van der Waals surface area contributed by atoms with Gasteiger partial charge in [-0.1, -0.05) is 0 Å². The van der Waals surface area contributed by atoms with Gasteiger partial charge in [0.05, 0.1) is 19.8 Å². The third kappa shape index (κ3) is 1.95. The molecule has 0 spiro atoms. The minimum Gasteiger partial charge on any atom is -0.493 e. The summed E-state index contributed by atoms with van der Waals surface area (Å²) < 4.78 is 10.5. The molecule has 0 N–H and O–H groups in total. The van der Waals surface area contributed by atoms with Crippen molar-refractivity contribution in [2.24, 2.45) is 0 Å². The number of nitrogens with zero attached hydrogens (tertiary/aromatic N) is 1. The molecule has 0 aromatic heterocycles. The Kier molecular flexibility index (Phi) is 3.33. The second kappa shape index (κ2) is 5.01. The fourth-order valence-electron chi connectivity index (χ4n) is 2.70. The van der Waals surface area contributed by atoms with Gasteiger partial charge in [-0.25, -0.2) is 0 Å². The normalized spacial score (nSPS) is 21.3. The first-order chi connectivity index (χ1) is 9.65. The van der Waals surface area contributed by atoms with Crippen LogP contribution in [0, 0.1) is 0 Å². The highest BCUT2D eigenvalue weighted by Crippen LogP contribution is 2.40. The highest BCUT2D eigenvalue weighted by atomic mass is 32.2. The van der Waals surface area contributed by atoms with E-state index in [9.17, 15) is 9.59 Å². The number of benzene rings is 1. The molecule has 3 rings (SSSR count). The van der Waals surface area contributed by atoms with Crippen LogP contribution in [0.5, 0.6) is 11.5 Å². The maximum absolute atomic E-state index is 12.6. The molecule has 0 bridgehead atoms. The molecule has 6 heteroatoms. The second-order valence-electron chi connectivity index (χ2n) is 4.78. The Hall–Kier alpha value is -1.69. The van der Waals surface area contributed by atoms with E-state index in [0.29, 0.717) is 28.5 Å². The Morgan fingerprint density at radius 3 is 2.60 bits per heavy atom. The minimum atomic E-state index is -0.295. The lowest BCUT2D eigenvalue weighted by Gasteiger charge is -2.20. The molecule has 1 atom stereocenters. The van der Waals surface area contributed by atoms with Gasteiger partial charge in [0, 0.05) is 11.4 Å². The number of ether oxygens (including phenoxy) is 2. The van der Waals surface area contributed by atoms with Gasteiger partial charge in [-0.05, 0) is 36.7 Å². The van der Waals surface area contributed by atoms with Gasteiger partial charge in [-0.2, -0.15) is 0 Å². The van der Waals surface area contributed by atoms with Crippen molar-refractivity contribution < 1.29 is 19.1 Å². The van der Waals surface area contributed by atoms with E-state index in [-0.39, 0.29) is 17.1 Å². The lowest BCUT2D eigenvalue weighted by Crippen LogP contribution is -2.37. The third-order valence-electron chi connectivity index (χ3n) is 3.71. The SMILES string of the molecule is COc1cc2c(cc1OC)C(=O)N1CCC[C@H]1C(=O)S2. The van der Waals surface area contributed by atoms with E-state index < -0.39 is 0 Å². The summed E-state index contributed by atoms with van der Waals surface area (Å²) in [6.45, 7) is 0.642. The van der Waals surface area contributed by atoms with Gasteiger partial charge >= 0.3 is 0 Å². The van der Waals surface area contributed by atoms with Gasteiger partial charge in [0.2, 0.25) is 5.12 Å². The highest BCUT2D eigenvalue weighted by molar-refractivity contribution is 8.13. The molecule has 1 saturated heterocycles. The van der Waals surface area contributed by atoms with Crippen molar-refractivity contribution in [3.8, 4) is 11.5 Å². The van der Waals surface area contributed by atoms with E-state index in [1.165, 1.54) is 14.2 Å². The summed E-state index contributed by atoms with van der Waals surface area (Å²) in [7, 11) is 3.07. The Balaban J connectivity index is 2.12. The fourth-order valence-corrected chi connectivity index (χ4v) is 3.72. The van der Waals surface area contributed by atoms with Gasteiger partial charge in [0.25, 0.3) is 5.91 Å². The summed E-state index contributed by atoms with van der Waals surface area (Å²) in [5.74, 6) is 0.938. The molecule has 0 radical (unpaired) electrons. The molecule has 2 aliphatic rings. The largest absolute Gasteiger partial charge is 0.493 e. The number of hydrogen-bond acceptors (Lipinski definition) is 5. The molecular weight excluding hydrogens is 278 g/mol. The molecule has 1 aromatic carbocycles. The van der Waals surface area contributed by atoms with Crippen molar-refractivity contribution in [2.45, 2.75) is 23.8 Å². The number of fused-ring (bicyclic) bond motifs is 2. The standard InChI is InChI=1S/C14H15NO4S/c1-18-10-6-8-12(7-11(10)19-2)20-14(17)9-4-3-5-15(9)13(8)16/h6-7,9H,3-5H2,1-2H3/t9-/m0/s1. The van der Waals surface area contributed by atoms with Crippen LogP contribution in [0.1, 0.15) is 23.2 Å². The molecule has 0 unspecified atom stereocenters. The van der Waals surface area contributed by atoms with E-state index in [0.717, 1.165) is 24.6 Å². The van der Waals surface area contributed by atoms with Crippen LogP contribution < -0.4 is 9.47 Å². The van der Waals surface area contributed by atoms with Crippen molar-refractivity contribution in [3.63, 3.8) is 0 Å². The summed E-state index contributed by atoms with van der Waals surface area (Å²) in [5.41, 5.74) is 0.519. The van der Waals surface area contributed by atoms with Crippen LogP contribution >= 0.6 is 11.8 Å². The first-order valence-electron chi connectivity index (χ1n) is 6.44. The Bertz CT molecular complexity index is 587. The monoisotopic (exact) mass is 293 g/mol. The molecule has 106 valence electrons. The molecule has 20 heavy (non-hydrogen) atoms. The van der Waals surface area contributed by atoms with E-state index in [4.69, 9.17) is 9.47 Å². The zero-order chi connectivity index (χ0) is 14.3. The highest BCUT2D eigenvalue weighted by Gasteiger charge is 2.39. The van der Waals surface area contributed by atoms with Crippen molar-refractivity contribution in [1.29, 1.82) is 0 Å². The van der Waals surface area contributed by atoms with Crippen LogP contribution in [0.25, 0.3) is 0 Å². The van der Waals surface area contributed by atoms with E-state index >= 15 is 0 Å². The molecule has 1 amide bonds. The van der Waals surface area contributed by atoms with Crippen LogP contribution in [-0.2, 0) is 4.79 Å². The molecular formula is C14H15NO4S. The smallest absolute Gasteiger partial charge is 0.255 e. The van der Waals surface area contributed by atoms with Crippen molar-refractivity contribution in [1.82, 2.24) is 4.90 Å². The summed E-state index contributed by atoms with van der Waals surface area (Å²) in [6.07, 6.45) is 1.63. The summed E-state index contributed by atoms with van der Waals surface area (Å²) in [6, 6.07) is 3.07. The first-order valence-corrected chi connectivity index (χ1v) is 7.26. The Morgan fingerprint density at radius 2 is 1.90 bits per heavy atom. The quantitative estimate of drug-likeness (QED) is 0.834. The van der Waals surface area contributed by atoms with Crippen molar-refractivity contribution in [2.75, 3.05) is 20.8 Å². The molecule has 5 nitrogen and oxygen atoms in total. The molecule has 0 saturated carbocycles. The minimum absolute atomic E-state index is 0.0295. The molecule has 1 fully saturated rings. The first kappa shape index (κ1) is 13.3. The fraction of sp³-hybridized carbons (Fsp3) is 0.429. The summed E-state index contributed by atoms with van der Waals surface area (Å²) in [4.78, 5) is 27.2. The van der Waals surface area contributed by atoms with Crippen molar-refractivity contribution >= 4 is 22.8 Å².